The fourth-order valence-corrected chi connectivity index (χ4v) is 5.25. The van der Waals surface area contributed by atoms with Crippen molar-refractivity contribution in [2.24, 2.45) is 20.5 Å². The Kier molecular flexibility index (Phi) is 10.9. The zero-order valence-electron chi connectivity index (χ0n) is 22.7. The maximum absolute atomic E-state index is 11.5. The molecule has 0 radical (unpaired) electrons. The zero-order chi connectivity index (χ0) is 32.7. The molecule has 0 saturated carbocycles. The second-order valence-corrected chi connectivity index (χ2v) is 11.2. The third kappa shape index (κ3) is 7.69. The van der Waals surface area contributed by atoms with Crippen molar-refractivity contribution in [3.63, 3.8) is 0 Å². The number of fused-ring (bicyclic) bond motifs is 1. The van der Waals surface area contributed by atoms with Crippen LogP contribution in [0.5, 0.6) is 23.0 Å². The molecule has 0 aromatic heterocycles. The molecule has 0 fully saturated rings. The molecule has 21 heteroatoms. The predicted octanol–water partition coefficient (Wildman–Crippen LogP) is 6.78. The summed E-state index contributed by atoms with van der Waals surface area (Å²) in [6.45, 7) is 0. The van der Waals surface area contributed by atoms with Crippen LogP contribution in [0.25, 0.3) is 10.8 Å². The van der Waals surface area contributed by atoms with Crippen LogP contribution in [0, 0.1) is 0 Å². The van der Waals surface area contributed by atoms with Gasteiger partial charge in [0.25, 0.3) is 10.1 Å². The highest BCUT2D eigenvalue weighted by molar-refractivity contribution is 7.95. The third-order valence-electron chi connectivity index (χ3n) is 5.77. The van der Waals surface area contributed by atoms with Crippen LogP contribution < -0.4 is 15.2 Å². The van der Waals surface area contributed by atoms with E-state index in [1.165, 1.54) is 44.6 Å². The van der Waals surface area contributed by atoms with Crippen molar-refractivity contribution in [1.29, 1.82) is 0 Å². The SMILES string of the molecule is COc1cc(N=Nc2cc(S(=O)(=O)O)ccc2O)c(N=Nc2c(SOOO)cc3c(SOOO)c(N)ccc3c2O)cc1OC. The van der Waals surface area contributed by atoms with Crippen molar-refractivity contribution < 1.29 is 61.9 Å². The lowest BCUT2D eigenvalue weighted by molar-refractivity contribution is -0.432. The van der Waals surface area contributed by atoms with Gasteiger partial charge in [-0.2, -0.15) is 8.42 Å². The minimum Gasteiger partial charge on any atom is -0.506 e. The van der Waals surface area contributed by atoms with E-state index >= 15 is 0 Å². The van der Waals surface area contributed by atoms with Crippen molar-refractivity contribution in [1.82, 2.24) is 0 Å². The summed E-state index contributed by atoms with van der Waals surface area (Å²) in [5, 5.41) is 62.8. The maximum Gasteiger partial charge on any atom is 0.294 e. The fraction of sp³-hybridized carbons (Fsp3) is 0.0833. The van der Waals surface area contributed by atoms with Gasteiger partial charge in [0, 0.05) is 28.6 Å². The Morgan fingerprint density at radius 1 is 0.756 bits per heavy atom. The number of azo groups is 2. The lowest BCUT2D eigenvalue weighted by atomic mass is 10.1. The molecule has 0 aliphatic heterocycles. The van der Waals surface area contributed by atoms with Crippen LogP contribution in [0.1, 0.15) is 0 Å². The standard InChI is InChI=1S/C24H21N5O13S3/c1-37-19-9-15(26-28-17-7-11(45(34,35)36)3-6-18(17)30)16(10-20(19)38-2)27-29-22-21(43-41-39-32)8-13-12(23(22)31)4-5-14(25)24(13)44-42-40-33/h3-10,30-33H,25H2,1-2H3,(H,34,35,36). The Balaban J connectivity index is 1.87. The van der Waals surface area contributed by atoms with E-state index in [4.69, 9.17) is 25.7 Å². The molecule has 0 saturated heterocycles. The van der Waals surface area contributed by atoms with Gasteiger partial charge in [-0.3, -0.25) is 4.55 Å². The molecule has 0 atom stereocenters. The van der Waals surface area contributed by atoms with Gasteiger partial charge in [-0.1, -0.05) is 10.1 Å². The highest BCUT2D eigenvalue weighted by atomic mass is 32.2. The van der Waals surface area contributed by atoms with Gasteiger partial charge in [-0.05, 0) is 36.4 Å². The highest BCUT2D eigenvalue weighted by Crippen LogP contribution is 2.48. The van der Waals surface area contributed by atoms with Crippen LogP contribution in [0.3, 0.4) is 0 Å². The molecule has 4 aromatic carbocycles. The minimum absolute atomic E-state index is 0.0151. The van der Waals surface area contributed by atoms with Crippen LogP contribution >= 0.6 is 24.1 Å². The van der Waals surface area contributed by atoms with Crippen LogP contribution in [0.4, 0.5) is 28.4 Å². The smallest absolute Gasteiger partial charge is 0.294 e. The molecular formula is C24H21N5O13S3. The highest BCUT2D eigenvalue weighted by Gasteiger charge is 2.20. The number of phenolic OH excluding ortho intramolecular Hbond substituents is 2. The number of nitrogens with two attached hydrogens (primary N) is 1. The number of nitrogens with zero attached hydrogens (tertiary/aromatic N) is 4. The third-order valence-corrected chi connectivity index (χ3v) is 7.99. The van der Waals surface area contributed by atoms with Crippen molar-refractivity contribution in [2.45, 2.75) is 14.7 Å². The number of ether oxygens (including phenoxy) is 2. The number of nitrogen functional groups attached to an aromatic ring is 1. The molecule has 238 valence electrons. The first-order valence-electron chi connectivity index (χ1n) is 11.8. The summed E-state index contributed by atoms with van der Waals surface area (Å²) in [6, 6.07) is 9.96. The molecule has 0 aliphatic carbocycles. The van der Waals surface area contributed by atoms with E-state index in [1.54, 1.807) is 0 Å². The maximum atomic E-state index is 11.5. The van der Waals surface area contributed by atoms with Gasteiger partial charge < -0.3 is 25.4 Å². The summed E-state index contributed by atoms with van der Waals surface area (Å²) in [7, 11) is -1.89. The molecule has 7 N–H and O–H groups in total. The lowest BCUT2D eigenvalue weighted by Gasteiger charge is -2.13. The Morgan fingerprint density at radius 2 is 1.36 bits per heavy atom. The number of rotatable bonds is 13. The van der Waals surface area contributed by atoms with E-state index in [2.05, 4.69) is 39.2 Å². The molecule has 0 aliphatic rings. The molecule has 0 unspecified atom stereocenters. The monoisotopic (exact) mass is 683 g/mol. The van der Waals surface area contributed by atoms with Crippen molar-refractivity contribution in [3.8, 4) is 23.0 Å². The van der Waals surface area contributed by atoms with Gasteiger partial charge in [-0.15, -0.1) is 29.1 Å². The average Bonchev–Trinajstić information content (AvgIpc) is 3.01. The minimum atomic E-state index is -4.61. The van der Waals surface area contributed by atoms with Crippen LogP contribution in [-0.4, -0.2) is 47.9 Å². The Labute approximate surface area is 261 Å². The van der Waals surface area contributed by atoms with Crippen molar-refractivity contribution >= 4 is 73.4 Å². The molecular weight excluding hydrogens is 662 g/mol. The summed E-state index contributed by atoms with van der Waals surface area (Å²) < 4.78 is 52.1. The Morgan fingerprint density at radius 3 is 1.96 bits per heavy atom. The van der Waals surface area contributed by atoms with Crippen LogP contribution in [-0.2, 0) is 28.9 Å². The molecule has 0 bridgehead atoms. The zero-order valence-corrected chi connectivity index (χ0v) is 25.2. The van der Waals surface area contributed by atoms with Crippen molar-refractivity contribution in [2.75, 3.05) is 20.0 Å². The van der Waals surface area contributed by atoms with Gasteiger partial charge in [0.2, 0.25) is 0 Å². The number of anilines is 1. The number of benzene rings is 4. The van der Waals surface area contributed by atoms with Gasteiger partial charge in [0.05, 0.1) is 53.0 Å². The first-order chi connectivity index (χ1) is 21.5. The van der Waals surface area contributed by atoms with Gasteiger partial charge in [0.1, 0.15) is 28.5 Å². The van der Waals surface area contributed by atoms with E-state index in [0.29, 0.717) is 29.5 Å². The quantitative estimate of drug-likeness (QED) is 0.0211. The van der Waals surface area contributed by atoms with E-state index in [0.717, 1.165) is 18.2 Å². The summed E-state index contributed by atoms with van der Waals surface area (Å²) >= 11 is 0.982. The largest absolute Gasteiger partial charge is 0.506 e. The molecule has 0 amide bonds. The van der Waals surface area contributed by atoms with Gasteiger partial charge in [0.15, 0.2) is 17.2 Å². The Hall–Kier alpha value is -4.29. The van der Waals surface area contributed by atoms with Gasteiger partial charge in [-0.25, -0.2) is 10.5 Å². The summed E-state index contributed by atoms with van der Waals surface area (Å²) in [5.74, 6) is -0.490. The normalized spacial score (nSPS) is 12.0. The first kappa shape index (κ1) is 33.6. The van der Waals surface area contributed by atoms with Crippen LogP contribution in [0.15, 0.2) is 83.7 Å². The summed E-state index contributed by atoms with van der Waals surface area (Å²) in [6.07, 6.45) is 0. The van der Waals surface area contributed by atoms with E-state index < -0.39 is 26.5 Å². The van der Waals surface area contributed by atoms with E-state index in [-0.39, 0.29) is 55.1 Å². The first-order valence-corrected chi connectivity index (χ1v) is 14.7. The summed E-state index contributed by atoms with van der Waals surface area (Å²) in [5.41, 5.74) is 5.69. The van der Waals surface area contributed by atoms with Gasteiger partial charge >= 0.3 is 0 Å². The van der Waals surface area contributed by atoms with Crippen LogP contribution in [0.2, 0.25) is 0 Å². The summed E-state index contributed by atoms with van der Waals surface area (Å²) in [4.78, 5) is -0.257. The molecule has 0 spiro atoms. The topological polar surface area (TPSA) is 266 Å². The average molecular weight is 684 g/mol. The molecule has 45 heavy (non-hydrogen) atoms. The lowest BCUT2D eigenvalue weighted by Crippen LogP contribution is -1.96. The molecule has 4 rings (SSSR count). The molecule has 4 aromatic rings. The second-order valence-electron chi connectivity index (χ2n) is 8.32. The number of hydrogen-bond donors (Lipinski definition) is 6. The van der Waals surface area contributed by atoms with Crippen molar-refractivity contribution in [3.05, 3.63) is 48.5 Å². The fourth-order valence-electron chi connectivity index (χ4n) is 3.74. The molecule has 18 nitrogen and oxygen atoms in total. The Bertz CT molecular complexity index is 1890. The molecule has 0 heterocycles. The second kappa shape index (κ2) is 14.7. The number of hydrogen-bond acceptors (Lipinski definition) is 19. The predicted molar refractivity (Wildman–Crippen MR) is 157 cm³/mol. The van der Waals surface area contributed by atoms with E-state index in [1.807, 2.05) is 0 Å². The van der Waals surface area contributed by atoms with E-state index in [9.17, 15) is 23.2 Å². The number of methoxy groups -OCH3 is 2. The number of phenols is 2. The number of aromatic hydroxyl groups is 2.